The molecule has 0 aliphatic rings. The molecular weight excluding hydrogens is 238 g/mol. The van der Waals surface area contributed by atoms with Gasteiger partial charge in [0.2, 0.25) is 0 Å². The van der Waals surface area contributed by atoms with Crippen molar-refractivity contribution in [2.24, 2.45) is 0 Å². The predicted molar refractivity (Wildman–Crippen MR) is 68.9 cm³/mol. The number of ether oxygens (including phenoxy) is 1. The number of nitrogens with one attached hydrogen (secondary N) is 1. The molecule has 1 rings (SSSR count). The van der Waals surface area contributed by atoms with E-state index in [0.717, 1.165) is 19.4 Å². The van der Waals surface area contributed by atoms with Crippen LogP contribution in [0.1, 0.15) is 25.6 Å². The van der Waals surface area contributed by atoms with Crippen molar-refractivity contribution in [3.05, 3.63) is 17.0 Å². The van der Waals surface area contributed by atoms with Crippen molar-refractivity contribution < 1.29 is 4.74 Å². The average molecular weight is 254 g/mol. The highest BCUT2D eigenvalue weighted by Gasteiger charge is 2.02. The first kappa shape index (κ1) is 13.8. The lowest BCUT2D eigenvalue weighted by atomic mass is 10.3. The molecule has 0 radical (unpaired) electrons. The average Bonchev–Trinajstić information content (AvgIpc) is 2.31. The highest BCUT2D eigenvalue weighted by atomic mass is 35.5. The summed E-state index contributed by atoms with van der Waals surface area (Å²) < 4.78 is 5.23. The normalized spacial score (nSPS) is 9.94. The number of hydrogen-bond acceptors (Lipinski definition) is 4. The first-order valence-electron chi connectivity index (χ1n) is 5.54. The first-order valence-corrected chi connectivity index (χ1v) is 5.92. The summed E-state index contributed by atoms with van der Waals surface area (Å²) >= 11 is 5.89. The molecule has 0 spiro atoms. The molecule has 5 heteroatoms. The van der Waals surface area contributed by atoms with Crippen LogP contribution in [0.5, 0.6) is 0 Å². The van der Waals surface area contributed by atoms with Gasteiger partial charge in [-0.15, -0.1) is 12.3 Å². The summed E-state index contributed by atoms with van der Waals surface area (Å²) in [5.41, 5.74) is 0. The Balaban J connectivity index is 2.53. The Bertz CT molecular complexity index is 390. The minimum atomic E-state index is 0.371. The lowest BCUT2D eigenvalue weighted by molar-refractivity contribution is 0.128. The molecule has 0 saturated heterocycles. The molecule has 0 bridgehead atoms. The summed E-state index contributed by atoms with van der Waals surface area (Å²) in [7, 11) is 0. The van der Waals surface area contributed by atoms with Crippen LogP contribution < -0.4 is 5.32 Å². The number of unbranched alkanes of at least 4 members (excludes halogenated alkanes) is 1. The molecule has 17 heavy (non-hydrogen) atoms. The van der Waals surface area contributed by atoms with Gasteiger partial charge in [-0.3, -0.25) is 0 Å². The van der Waals surface area contributed by atoms with Crippen LogP contribution in [0.25, 0.3) is 0 Å². The monoisotopic (exact) mass is 253 g/mol. The van der Waals surface area contributed by atoms with Crippen molar-refractivity contribution in [1.82, 2.24) is 9.97 Å². The van der Waals surface area contributed by atoms with Crippen molar-refractivity contribution in [1.29, 1.82) is 0 Å². The van der Waals surface area contributed by atoms with Gasteiger partial charge in [0.1, 0.15) is 17.6 Å². The quantitative estimate of drug-likeness (QED) is 0.461. The van der Waals surface area contributed by atoms with E-state index in [2.05, 4.69) is 21.2 Å². The maximum Gasteiger partial charge on any atom is 0.158 e. The maximum atomic E-state index is 5.89. The molecular formula is C12H16ClN3O. The van der Waals surface area contributed by atoms with E-state index in [4.69, 9.17) is 22.8 Å². The minimum Gasteiger partial charge on any atom is -0.374 e. The smallest absolute Gasteiger partial charge is 0.158 e. The number of rotatable bonds is 7. The molecule has 4 nitrogen and oxygen atoms in total. The zero-order valence-corrected chi connectivity index (χ0v) is 10.6. The highest BCUT2D eigenvalue weighted by Crippen LogP contribution is 2.12. The largest absolute Gasteiger partial charge is 0.374 e. The van der Waals surface area contributed by atoms with Gasteiger partial charge in [-0.25, -0.2) is 9.97 Å². The van der Waals surface area contributed by atoms with Gasteiger partial charge in [0.05, 0.1) is 0 Å². The number of terminal acetylenes is 1. The molecule has 1 aromatic rings. The van der Waals surface area contributed by atoms with E-state index >= 15 is 0 Å². The van der Waals surface area contributed by atoms with Crippen LogP contribution in [0.2, 0.25) is 5.15 Å². The van der Waals surface area contributed by atoms with Gasteiger partial charge in [0.25, 0.3) is 0 Å². The molecule has 0 aromatic carbocycles. The predicted octanol–water partition coefficient (Wildman–Crippen LogP) is 2.49. The van der Waals surface area contributed by atoms with E-state index in [1.165, 1.54) is 0 Å². The zero-order chi connectivity index (χ0) is 12.5. The Morgan fingerprint density at radius 3 is 3.06 bits per heavy atom. The molecule has 1 N–H and O–H groups in total. The third-order valence-electron chi connectivity index (χ3n) is 1.98. The van der Waals surface area contributed by atoms with Gasteiger partial charge in [-0.2, -0.15) is 0 Å². The molecule has 92 valence electrons. The van der Waals surface area contributed by atoms with Gasteiger partial charge >= 0.3 is 0 Å². The maximum absolute atomic E-state index is 5.89. The van der Waals surface area contributed by atoms with Crippen molar-refractivity contribution in [3.63, 3.8) is 0 Å². The molecule has 0 aliphatic heterocycles. The first-order chi connectivity index (χ1) is 8.26. The summed E-state index contributed by atoms with van der Waals surface area (Å²) in [6.45, 7) is 3.69. The Labute approximate surface area is 107 Å². The third kappa shape index (κ3) is 5.53. The number of nitrogens with zero attached hydrogens (tertiary/aromatic N) is 2. The molecule has 0 aliphatic carbocycles. The van der Waals surface area contributed by atoms with Crippen molar-refractivity contribution in [2.75, 3.05) is 18.5 Å². The van der Waals surface area contributed by atoms with Crippen LogP contribution in [-0.2, 0) is 11.3 Å². The molecule has 1 aromatic heterocycles. The highest BCUT2D eigenvalue weighted by molar-refractivity contribution is 6.29. The fraction of sp³-hybridized carbons (Fsp3) is 0.500. The number of halogens is 1. The number of hydrogen-bond donors (Lipinski definition) is 1. The summed E-state index contributed by atoms with van der Waals surface area (Å²) in [6, 6.07) is 1.69. The van der Waals surface area contributed by atoms with Crippen LogP contribution in [0.3, 0.4) is 0 Å². The SMILES string of the molecule is C#CCCCNc1cc(Cl)nc(COCC)n1. The van der Waals surface area contributed by atoms with Gasteiger partial charge < -0.3 is 10.1 Å². The molecule has 0 atom stereocenters. The van der Waals surface area contributed by atoms with Gasteiger partial charge in [-0.1, -0.05) is 11.6 Å². The lowest BCUT2D eigenvalue weighted by Crippen LogP contribution is -2.07. The van der Waals surface area contributed by atoms with E-state index < -0.39 is 0 Å². The molecule has 0 saturated carbocycles. The lowest BCUT2D eigenvalue weighted by Gasteiger charge is -2.07. The summed E-state index contributed by atoms with van der Waals surface area (Å²) in [5, 5.41) is 3.56. The molecule has 0 amide bonds. The second-order valence-corrected chi connectivity index (χ2v) is 3.75. The Morgan fingerprint density at radius 1 is 1.53 bits per heavy atom. The summed E-state index contributed by atoms with van der Waals surface area (Å²) in [5.74, 6) is 3.87. The Morgan fingerprint density at radius 2 is 2.35 bits per heavy atom. The molecule has 0 unspecified atom stereocenters. The van der Waals surface area contributed by atoms with Crippen molar-refractivity contribution in [2.45, 2.75) is 26.4 Å². The van der Waals surface area contributed by atoms with Crippen LogP contribution in [0, 0.1) is 12.3 Å². The summed E-state index contributed by atoms with van der Waals surface area (Å²) in [4.78, 5) is 8.36. The number of anilines is 1. The van der Waals surface area contributed by atoms with Crippen LogP contribution >= 0.6 is 11.6 Å². The second kappa shape index (κ2) is 7.88. The topological polar surface area (TPSA) is 47.0 Å². The fourth-order valence-electron chi connectivity index (χ4n) is 1.22. The van der Waals surface area contributed by atoms with E-state index in [9.17, 15) is 0 Å². The van der Waals surface area contributed by atoms with Crippen LogP contribution in [-0.4, -0.2) is 23.1 Å². The van der Waals surface area contributed by atoms with E-state index in [1.807, 2.05) is 6.92 Å². The van der Waals surface area contributed by atoms with Crippen LogP contribution in [0.4, 0.5) is 5.82 Å². The molecule has 0 fully saturated rings. The Kier molecular flexibility index (Phi) is 6.38. The fourth-order valence-corrected chi connectivity index (χ4v) is 1.42. The second-order valence-electron chi connectivity index (χ2n) is 3.36. The van der Waals surface area contributed by atoms with E-state index in [-0.39, 0.29) is 0 Å². The zero-order valence-electron chi connectivity index (χ0n) is 9.87. The van der Waals surface area contributed by atoms with Gasteiger partial charge in [0.15, 0.2) is 5.82 Å². The minimum absolute atomic E-state index is 0.371. The van der Waals surface area contributed by atoms with Crippen molar-refractivity contribution >= 4 is 17.4 Å². The third-order valence-corrected chi connectivity index (χ3v) is 2.17. The van der Waals surface area contributed by atoms with Crippen LogP contribution in [0.15, 0.2) is 6.07 Å². The van der Waals surface area contributed by atoms with Gasteiger partial charge in [0, 0.05) is 25.6 Å². The molecule has 1 heterocycles. The van der Waals surface area contributed by atoms with E-state index in [0.29, 0.717) is 30.0 Å². The summed E-state index contributed by atoms with van der Waals surface area (Å²) in [6.07, 6.45) is 6.82. The standard InChI is InChI=1S/C12H16ClN3O/c1-3-5-6-7-14-11-8-10(13)15-12(16-11)9-17-4-2/h1,8H,4-7,9H2,2H3,(H,14,15,16). The van der Waals surface area contributed by atoms with Crippen molar-refractivity contribution in [3.8, 4) is 12.3 Å². The van der Waals surface area contributed by atoms with Gasteiger partial charge in [-0.05, 0) is 13.3 Å². The van der Waals surface area contributed by atoms with E-state index in [1.54, 1.807) is 6.07 Å². The number of aromatic nitrogens is 2. The Hall–Kier alpha value is -1.31.